The Morgan fingerprint density at radius 3 is 1.26 bits per heavy atom. The molecule has 2 fully saturated rings. The van der Waals surface area contributed by atoms with Crippen molar-refractivity contribution in [3.63, 3.8) is 0 Å². The number of alkyl halides is 7. The number of ether oxygens (including phenoxy) is 1. The van der Waals surface area contributed by atoms with E-state index >= 15 is 0 Å². The third-order valence-corrected chi connectivity index (χ3v) is 4.87. The SMILES string of the molecule is CCC.CCC(C)(C)CC1CCC2OC2C1.CCF.FCF.FCF.FCF.[CH2-]C(C)(C)CC.[Rf]. The Labute approximate surface area is 206 Å². The van der Waals surface area contributed by atoms with Crippen molar-refractivity contribution >= 4 is 0 Å². The minimum atomic E-state index is -1.75. The zero-order valence-electron chi connectivity index (χ0n) is 24.0. The molecule has 0 bridgehead atoms. The molecule has 2 rings (SSSR count). The zero-order valence-corrected chi connectivity index (χ0v) is 30.4. The molecule has 1 saturated carbocycles. The molecule has 0 radical (unpaired) electrons. The van der Waals surface area contributed by atoms with Crippen LogP contribution in [-0.4, -0.2) is 39.7 Å². The molecule has 35 heavy (non-hydrogen) atoms. The van der Waals surface area contributed by atoms with Gasteiger partial charge in [-0.2, -0.15) is 5.41 Å². The second kappa shape index (κ2) is 32.5. The molecule has 1 aliphatic heterocycles. The maximum atomic E-state index is 10.3. The summed E-state index contributed by atoms with van der Waals surface area (Å²) in [4.78, 5) is 0. The standard InChI is InChI=1S/C12H22O.C6H13.C3H8.C2H5F.3CH2F2.Rf/c1-4-12(2,3)8-9-5-6-10-11(7-9)13-10;1-5-6(2,3)4;1-3-2;1-2-3;3*2-1-3;/h9-11H,4-8H2,1-3H3;2,5H2,1,3-4H3;3H2,1-2H3;2H2,1H3;3*1H2;/q;-1;;;;;;. The Morgan fingerprint density at radius 2 is 1.03 bits per heavy atom. The van der Waals surface area contributed by atoms with E-state index in [2.05, 4.69) is 62.3 Å². The van der Waals surface area contributed by atoms with Gasteiger partial charge in [0.05, 0.1) is 18.9 Å². The minimum Gasteiger partial charge on any atom is -0.370 e. The molecule has 0 spiro atoms. The van der Waals surface area contributed by atoms with E-state index in [0.717, 1.165) is 12.3 Å². The van der Waals surface area contributed by atoms with Gasteiger partial charge in [-0.25, -0.2) is 26.3 Å². The summed E-state index contributed by atoms with van der Waals surface area (Å²) in [7, 11) is 0. The average Bonchev–Trinajstić information content (AvgIpc) is 3.50. The van der Waals surface area contributed by atoms with Gasteiger partial charge in [0.25, 0.3) is 0 Å². The largest absolute Gasteiger partial charge is 0.370 e. The van der Waals surface area contributed by atoms with Crippen LogP contribution < -0.4 is 0 Å². The van der Waals surface area contributed by atoms with Crippen LogP contribution in [0.1, 0.15) is 107 Å². The first-order chi connectivity index (χ1) is 15.7. The second-order valence-corrected chi connectivity index (χ2v) is 9.41. The number of rotatable bonds is 4. The summed E-state index contributed by atoms with van der Waals surface area (Å²) in [6.07, 6.45) is 10.5. The molecule has 3 unspecified atom stereocenters. The molecule has 0 N–H and O–H groups in total. The van der Waals surface area contributed by atoms with Crippen LogP contribution >= 0.6 is 0 Å². The third-order valence-electron chi connectivity index (χ3n) is 4.87. The normalized spacial score (nSPS) is 18.9. The van der Waals surface area contributed by atoms with Crippen LogP contribution in [0.5, 0.6) is 0 Å². The van der Waals surface area contributed by atoms with Crippen LogP contribution in [0.25, 0.3) is 0 Å². The van der Waals surface area contributed by atoms with E-state index in [1.165, 1.54) is 45.4 Å². The van der Waals surface area contributed by atoms with Crippen molar-refractivity contribution in [2.45, 2.75) is 119 Å². The van der Waals surface area contributed by atoms with Crippen molar-refractivity contribution < 1.29 is 35.5 Å². The number of epoxide rings is 1. The van der Waals surface area contributed by atoms with Crippen LogP contribution in [0.4, 0.5) is 30.7 Å². The summed E-state index contributed by atoms with van der Waals surface area (Å²) in [5, 5.41) is 0. The molecule has 1 saturated heterocycles. The van der Waals surface area contributed by atoms with Crippen LogP contribution in [-0.2, 0) is 4.74 Å². The predicted octanol–water partition coefficient (Wildman–Crippen LogP) is 10.7. The molecule has 1 nitrogen and oxygen atoms in total. The Hall–Kier alpha value is -1.53. The molecule has 3 atom stereocenters. The van der Waals surface area contributed by atoms with E-state index in [-0.39, 0.29) is 6.67 Å². The molecule has 9 heteroatoms. The molecular formula is C26H54F7ORf-. The fourth-order valence-electron chi connectivity index (χ4n) is 2.60. The van der Waals surface area contributed by atoms with E-state index in [4.69, 9.17) is 4.74 Å². The van der Waals surface area contributed by atoms with E-state index in [9.17, 15) is 30.7 Å². The van der Waals surface area contributed by atoms with Gasteiger partial charge in [0.15, 0.2) is 0 Å². The molecule has 1 heterocycles. The van der Waals surface area contributed by atoms with Crippen molar-refractivity contribution in [1.29, 1.82) is 0 Å². The van der Waals surface area contributed by atoms with Crippen molar-refractivity contribution in [1.82, 2.24) is 0 Å². The quantitative estimate of drug-likeness (QED) is 0.157. The molecule has 0 aromatic rings. The van der Waals surface area contributed by atoms with Crippen molar-refractivity contribution in [2.75, 3.05) is 27.5 Å². The van der Waals surface area contributed by atoms with E-state index in [1.807, 2.05) is 0 Å². The van der Waals surface area contributed by atoms with E-state index in [0.29, 0.717) is 23.0 Å². The van der Waals surface area contributed by atoms with Crippen LogP contribution in [0.2, 0.25) is 0 Å². The topological polar surface area (TPSA) is 12.5 Å². The Bertz CT molecular complexity index is 345. The summed E-state index contributed by atoms with van der Waals surface area (Å²) in [5.41, 5.74) is 0.840. The Balaban J connectivity index is -0.0000000813. The molecular weight excluding hydrogens is 728 g/mol. The fourth-order valence-corrected chi connectivity index (χ4v) is 2.60. The van der Waals surface area contributed by atoms with Gasteiger partial charge in [-0.1, -0.05) is 74.7 Å². The number of hydrogen-bond acceptors (Lipinski definition) is 1. The molecule has 1 aliphatic carbocycles. The first kappa shape index (κ1) is 46.8. The summed E-state index contributed by atoms with van der Waals surface area (Å²) in [5.74, 6) is 0.943. The second-order valence-electron chi connectivity index (χ2n) is 9.41. The predicted molar refractivity (Wildman–Crippen MR) is 133 cm³/mol. The van der Waals surface area contributed by atoms with E-state index < -0.39 is 20.8 Å². The van der Waals surface area contributed by atoms with Crippen LogP contribution in [0, 0.1) is 23.7 Å². The van der Waals surface area contributed by atoms with Gasteiger partial charge in [-0.3, -0.25) is 4.39 Å². The van der Waals surface area contributed by atoms with Gasteiger partial charge in [0.2, 0.25) is 20.8 Å². The summed E-state index contributed by atoms with van der Waals surface area (Å²) < 4.78 is 73.6. The van der Waals surface area contributed by atoms with Gasteiger partial charge in [-0.15, -0.1) is 0 Å². The summed E-state index contributed by atoms with van der Waals surface area (Å²) >= 11 is 0. The first-order valence-corrected chi connectivity index (χ1v) is 12.2. The third kappa shape index (κ3) is 50.3. The number of hydrogen-bond donors (Lipinski definition) is 0. The zero-order chi connectivity index (χ0) is 28.2. The fraction of sp³-hybridized carbons (Fsp3) is 0.962. The Kier molecular flexibility index (Phi) is 43.4. The van der Waals surface area contributed by atoms with Crippen molar-refractivity contribution in [2.24, 2.45) is 16.7 Å². The van der Waals surface area contributed by atoms with Gasteiger partial charge in [-0.05, 0) is 43.9 Å². The maximum absolute atomic E-state index is 10.3. The number of fused-ring (bicyclic) bond motifs is 1. The number of halogens is 7. The van der Waals surface area contributed by atoms with Gasteiger partial charge in [0, 0.05) is 0 Å². The molecule has 2 aliphatic rings. The first-order valence-electron chi connectivity index (χ1n) is 12.2. The summed E-state index contributed by atoms with van der Waals surface area (Å²) in [6.45, 7) is 17.6. The Morgan fingerprint density at radius 1 is 0.714 bits per heavy atom. The van der Waals surface area contributed by atoms with Crippen LogP contribution in [0.15, 0.2) is 0 Å². The average molecular weight is 783 g/mol. The molecule has 0 amide bonds. The van der Waals surface area contributed by atoms with Crippen molar-refractivity contribution in [3.8, 4) is 0 Å². The monoisotopic (exact) mass is 783 g/mol. The summed E-state index contributed by atoms with van der Waals surface area (Å²) in [6, 6.07) is 0. The molecule has 0 aromatic carbocycles. The van der Waals surface area contributed by atoms with Crippen LogP contribution in [0.3, 0.4) is 0 Å². The van der Waals surface area contributed by atoms with Gasteiger partial charge >= 0.3 is 0 Å². The van der Waals surface area contributed by atoms with Gasteiger partial charge < -0.3 is 11.7 Å². The molecule has 0 aromatic heterocycles. The van der Waals surface area contributed by atoms with Crippen molar-refractivity contribution in [3.05, 3.63) is 6.92 Å². The smallest absolute Gasteiger partial charge is 0.229 e. The minimum absolute atomic E-state index is 0. The maximum Gasteiger partial charge on any atom is 0.229 e. The van der Waals surface area contributed by atoms with E-state index in [1.54, 1.807) is 0 Å². The molecule has 216 valence electrons. The van der Waals surface area contributed by atoms with Gasteiger partial charge in [0.1, 0.15) is 0 Å².